The number of amides is 2. The first-order valence-corrected chi connectivity index (χ1v) is 12.3. The SMILES string of the molecule is Nc1nc(/C(=N/O)C(=O)N[C@@H]2C(=O)N3C(C(=O)[O-])=C(SCCc4cnccn4)CS[C@H]23)cs1.[Na+]. The van der Waals surface area contributed by atoms with Crippen molar-refractivity contribution in [1.29, 1.82) is 0 Å². The number of nitrogens with one attached hydrogen (secondary N) is 1. The summed E-state index contributed by atoms with van der Waals surface area (Å²) in [6, 6.07) is -0.990. The molecule has 0 radical (unpaired) electrons. The summed E-state index contributed by atoms with van der Waals surface area (Å²) in [5, 5.41) is 27.5. The molecule has 172 valence electrons. The maximum Gasteiger partial charge on any atom is 1.00 e. The molecule has 0 spiro atoms. The van der Waals surface area contributed by atoms with Gasteiger partial charge in [0.05, 0.1) is 17.4 Å². The number of carbonyl (C=O) groups is 3. The largest absolute Gasteiger partial charge is 1.00 e. The van der Waals surface area contributed by atoms with Crippen LogP contribution in [0, 0.1) is 0 Å². The molecule has 34 heavy (non-hydrogen) atoms. The Morgan fingerprint density at radius 3 is 2.82 bits per heavy atom. The van der Waals surface area contributed by atoms with Crippen LogP contribution in [0.15, 0.2) is 39.7 Å². The minimum absolute atomic E-state index is 0. The number of thioether (sulfide) groups is 2. The Bertz CT molecular complexity index is 1160. The van der Waals surface area contributed by atoms with Crippen LogP contribution in [-0.2, 0) is 20.8 Å². The fraction of sp³-hybridized carbons (Fsp3) is 0.278. The standard InChI is InChI=1S/C18H17N7O5S3.Na/c19-18-22-9(6-33-18)11(24-30)14(26)23-12-15(27)25-13(17(28)29)10(7-32-16(12)25)31-4-1-8-5-20-2-3-21-8;/h2-3,5-6,12,16,30H,1,4,7H2,(H2,19,22)(H,23,26)(H,28,29);/q;+1/p-1/b24-11-;/t12-,16-;/m1./s1. The molecule has 4 rings (SSSR count). The van der Waals surface area contributed by atoms with Crippen LogP contribution in [-0.4, -0.2) is 71.5 Å². The molecule has 16 heteroatoms. The van der Waals surface area contributed by atoms with E-state index < -0.39 is 34.9 Å². The number of aromatic nitrogens is 3. The van der Waals surface area contributed by atoms with Gasteiger partial charge in [0.2, 0.25) is 0 Å². The van der Waals surface area contributed by atoms with Gasteiger partial charge in [-0.1, -0.05) is 5.16 Å². The molecule has 1 fully saturated rings. The molecule has 2 aromatic rings. The van der Waals surface area contributed by atoms with E-state index in [2.05, 4.69) is 25.4 Å². The number of carboxylic acid groups (broad SMARTS) is 1. The summed E-state index contributed by atoms with van der Waals surface area (Å²) in [6.45, 7) is 0. The molecule has 4 N–H and O–H groups in total. The van der Waals surface area contributed by atoms with Crippen molar-refractivity contribution < 1.29 is 54.3 Å². The third-order valence-corrected chi connectivity index (χ3v) is 7.97. The van der Waals surface area contributed by atoms with Gasteiger partial charge in [0.1, 0.15) is 17.1 Å². The topological polar surface area (TPSA) is 187 Å². The average molecular weight is 530 g/mol. The fourth-order valence-corrected chi connectivity index (χ4v) is 6.40. The van der Waals surface area contributed by atoms with Crippen LogP contribution in [0.1, 0.15) is 11.4 Å². The van der Waals surface area contributed by atoms with Crippen LogP contribution in [0.4, 0.5) is 5.13 Å². The number of aryl methyl sites for hydroxylation is 1. The number of nitrogens with zero attached hydrogens (tertiary/aromatic N) is 5. The van der Waals surface area contributed by atoms with Gasteiger partial charge < -0.3 is 26.2 Å². The quantitative estimate of drug-likeness (QED) is 0.0995. The summed E-state index contributed by atoms with van der Waals surface area (Å²) in [4.78, 5) is 50.8. The zero-order valence-electron chi connectivity index (χ0n) is 17.7. The zero-order valence-corrected chi connectivity index (χ0v) is 22.2. The van der Waals surface area contributed by atoms with Gasteiger partial charge in [-0.25, -0.2) is 4.98 Å². The summed E-state index contributed by atoms with van der Waals surface area (Å²) in [7, 11) is 0. The second-order valence-corrected chi connectivity index (χ2v) is 9.92. The van der Waals surface area contributed by atoms with Crippen LogP contribution in [0.5, 0.6) is 0 Å². The number of nitrogen functional groups attached to an aromatic ring is 1. The van der Waals surface area contributed by atoms with Gasteiger partial charge in [0.15, 0.2) is 10.8 Å². The van der Waals surface area contributed by atoms with Crippen molar-refractivity contribution in [2.75, 3.05) is 17.2 Å². The Hall–Kier alpha value is -2.17. The third kappa shape index (κ3) is 5.39. The minimum Gasteiger partial charge on any atom is -0.543 e. The second kappa shape index (κ2) is 11.5. The molecule has 2 aliphatic heterocycles. The maximum atomic E-state index is 12.7. The Kier molecular flexibility index (Phi) is 8.95. The zero-order chi connectivity index (χ0) is 23.5. The number of fused-ring (bicyclic) bond motifs is 1. The number of hydrogen-bond acceptors (Lipinski definition) is 13. The van der Waals surface area contributed by atoms with Crippen molar-refractivity contribution in [2.45, 2.75) is 17.8 Å². The van der Waals surface area contributed by atoms with E-state index in [1.165, 1.54) is 28.9 Å². The number of nitrogens with two attached hydrogens (primary N) is 1. The summed E-state index contributed by atoms with van der Waals surface area (Å²) in [5.74, 6) is -2.01. The molecule has 0 bridgehead atoms. The molecule has 12 nitrogen and oxygen atoms in total. The van der Waals surface area contributed by atoms with Crippen molar-refractivity contribution in [1.82, 2.24) is 25.2 Å². The van der Waals surface area contributed by atoms with Crippen LogP contribution in [0.2, 0.25) is 0 Å². The van der Waals surface area contributed by atoms with Gasteiger partial charge in [0.25, 0.3) is 11.8 Å². The molecule has 0 saturated carbocycles. The molecule has 2 aromatic heterocycles. The van der Waals surface area contributed by atoms with E-state index >= 15 is 0 Å². The van der Waals surface area contributed by atoms with Crippen LogP contribution in [0.25, 0.3) is 0 Å². The number of carbonyl (C=O) groups excluding carboxylic acids is 3. The van der Waals surface area contributed by atoms with Gasteiger partial charge in [-0.3, -0.25) is 24.5 Å². The smallest absolute Gasteiger partial charge is 0.543 e. The number of aliphatic carboxylic acids is 1. The van der Waals surface area contributed by atoms with Gasteiger partial charge in [0, 0.05) is 46.8 Å². The third-order valence-electron chi connectivity index (χ3n) is 4.74. The molecule has 0 unspecified atom stereocenters. The van der Waals surface area contributed by atoms with Gasteiger partial charge in [-0.2, -0.15) is 0 Å². The van der Waals surface area contributed by atoms with Crippen molar-refractivity contribution in [3.63, 3.8) is 0 Å². The number of β-lactam (4-membered cyclic amide) rings is 1. The second-order valence-electron chi connectivity index (χ2n) is 6.73. The molecular weight excluding hydrogens is 513 g/mol. The maximum absolute atomic E-state index is 12.7. The van der Waals surface area contributed by atoms with E-state index in [4.69, 9.17) is 5.73 Å². The molecule has 2 amide bonds. The minimum atomic E-state index is -1.46. The predicted octanol–water partition coefficient (Wildman–Crippen LogP) is -3.97. The first-order chi connectivity index (χ1) is 15.9. The van der Waals surface area contributed by atoms with Crippen LogP contribution in [0.3, 0.4) is 0 Å². The van der Waals surface area contributed by atoms with Crippen molar-refractivity contribution >= 4 is 63.5 Å². The first kappa shape index (κ1) is 26.4. The molecule has 1 saturated heterocycles. The number of anilines is 1. The Labute approximate surface area is 227 Å². The van der Waals surface area contributed by atoms with Gasteiger partial charge in [-0.05, 0) is 0 Å². The number of oxime groups is 1. The van der Waals surface area contributed by atoms with E-state index in [1.54, 1.807) is 18.6 Å². The average Bonchev–Trinajstić information content (AvgIpc) is 3.23. The molecule has 0 aromatic carbocycles. The van der Waals surface area contributed by atoms with E-state index in [-0.39, 0.29) is 46.1 Å². The molecule has 2 atom stereocenters. The van der Waals surface area contributed by atoms with Crippen LogP contribution >= 0.6 is 34.9 Å². The number of carboxylic acids is 1. The summed E-state index contributed by atoms with van der Waals surface area (Å²) >= 11 is 3.69. The van der Waals surface area contributed by atoms with E-state index in [1.807, 2.05) is 0 Å². The fourth-order valence-electron chi connectivity index (χ4n) is 3.25. The summed E-state index contributed by atoms with van der Waals surface area (Å²) in [6.07, 6.45) is 5.36. The molecular formula is C18H16N7NaO5S3. The number of rotatable bonds is 8. The van der Waals surface area contributed by atoms with Gasteiger partial charge in [-0.15, -0.1) is 34.9 Å². The molecule has 0 aliphatic carbocycles. The number of hydrogen-bond donors (Lipinski definition) is 3. The molecule has 2 aliphatic rings. The van der Waals surface area contributed by atoms with E-state index in [0.717, 1.165) is 21.9 Å². The Morgan fingerprint density at radius 1 is 1.41 bits per heavy atom. The van der Waals surface area contributed by atoms with Crippen LogP contribution < -0.4 is 45.7 Å². The Morgan fingerprint density at radius 2 is 2.21 bits per heavy atom. The number of thiazole rings is 1. The first-order valence-electron chi connectivity index (χ1n) is 9.42. The van der Waals surface area contributed by atoms with Crippen molar-refractivity contribution in [3.8, 4) is 0 Å². The molecule has 4 heterocycles. The van der Waals surface area contributed by atoms with Crippen molar-refractivity contribution in [3.05, 3.63) is 46.0 Å². The van der Waals surface area contributed by atoms with E-state index in [0.29, 0.717) is 22.8 Å². The normalized spacial score (nSPS) is 19.7. The Balaban J connectivity index is 0.00000324. The van der Waals surface area contributed by atoms with Crippen molar-refractivity contribution in [2.24, 2.45) is 5.16 Å². The van der Waals surface area contributed by atoms with Gasteiger partial charge >= 0.3 is 29.6 Å². The predicted molar refractivity (Wildman–Crippen MR) is 120 cm³/mol. The van der Waals surface area contributed by atoms with E-state index in [9.17, 15) is 24.7 Å². The summed E-state index contributed by atoms with van der Waals surface area (Å²) in [5.41, 5.74) is 5.79. The summed E-state index contributed by atoms with van der Waals surface area (Å²) < 4.78 is 0. The monoisotopic (exact) mass is 529 g/mol.